The average Bonchev–Trinajstić information content (AvgIpc) is 2.45. The van der Waals surface area contributed by atoms with E-state index in [0.29, 0.717) is 0 Å². The first-order valence-electron chi connectivity index (χ1n) is 6.31. The van der Waals surface area contributed by atoms with Crippen molar-refractivity contribution in [3.8, 4) is 0 Å². The Hall–Kier alpha value is -2.26. The summed E-state index contributed by atoms with van der Waals surface area (Å²) in [6, 6.07) is 5.53. The number of Topliss-reactive ketones (excluding diaryl/α,β-unsaturated/α-hetero) is 1. The van der Waals surface area contributed by atoms with Crippen molar-refractivity contribution in [1.82, 2.24) is 10.0 Å². The van der Waals surface area contributed by atoms with Crippen molar-refractivity contribution >= 4 is 27.7 Å². The van der Waals surface area contributed by atoms with E-state index in [2.05, 4.69) is 10.0 Å². The van der Waals surface area contributed by atoms with Gasteiger partial charge in [-0.25, -0.2) is 13.1 Å². The highest BCUT2D eigenvalue weighted by atomic mass is 32.2. The van der Waals surface area contributed by atoms with Crippen molar-refractivity contribution in [1.29, 1.82) is 0 Å². The van der Waals surface area contributed by atoms with Crippen LogP contribution in [0.4, 0.5) is 0 Å². The number of carbonyl (C=O) groups excluding carboxylic acids is 2. The van der Waals surface area contributed by atoms with Crippen LogP contribution in [0.3, 0.4) is 0 Å². The van der Waals surface area contributed by atoms with Gasteiger partial charge >= 0.3 is 5.97 Å². The third-order valence-corrected chi connectivity index (χ3v) is 4.09. The summed E-state index contributed by atoms with van der Waals surface area (Å²) in [7, 11) is -3.84. The topological polar surface area (TPSA) is 130 Å². The summed E-state index contributed by atoms with van der Waals surface area (Å²) in [4.78, 5) is 32.7. The van der Waals surface area contributed by atoms with E-state index in [1.165, 1.54) is 31.2 Å². The van der Waals surface area contributed by atoms with E-state index in [9.17, 15) is 22.8 Å². The minimum absolute atomic E-state index is 0.0776. The summed E-state index contributed by atoms with van der Waals surface area (Å²) in [5, 5.41) is 10.5. The number of benzene rings is 1. The zero-order valence-corrected chi connectivity index (χ0v) is 12.6. The molecule has 0 bridgehead atoms. The predicted octanol–water partition coefficient (Wildman–Crippen LogP) is -0.242. The Kier molecular flexibility index (Phi) is 6.20. The first-order valence-corrected chi connectivity index (χ1v) is 7.80. The molecule has 0 fully saturated rings. The maximum atomic E-state index is 12.0. The fourth-order valence-corrected chi connectivity index (χ4v) is 2.60. The Morgan fingerprint density at radius 2 is 1.91 bits per heavy atom. The number of rotatable bonds is 8. The lowest BCUT2D eigenvalue weighted by atomic mass is 10.2. The van der Waals surface area contributed by atoms with Crippen LogP contribution in [0.15, 0.2) is 29.2 Å². The normalized spacial score (nSPS) is 11.0. The van der Waals surface area contributed by atoms with Crippen LogP contribution in [0.25, 0.3) is 0 Å². The number of ketones is 1. The molecule has 1 aromatic rings. The molecule has 8 nitrogen and oxygen atoms in total. The molecule has 0 unspecified atom stereocenters. The minimum Gasteiger partial charge on any atom is -0.480 e. The van der Waals surface area contributed by atoms with Gasteiger partial charge in [-0.3, -0.25) is 14.4 Å². The quantitative estimate of drug-likeness (QED) is 0.565. The van der Waals surface area contributed by atoms with Gasteiger partial charge in [-0.05, 0) is 19.1 Å². The first-order chi connectivity index (χ1) is 10.2. The van der Waals surface area contributed by atoms with Gasteiger partial charge in [0.05, 0.1) is 4.90 Å². The number of sulfonamides is 1. The molecule has 3 N–H and O–H groups in total. The zero-order valence-electron chi connectivity index (χ0n) is 11.8. The molecule has 9 heteroatoms. The number of aliphatic carboxylic acids is 1. The molecule has 0 aliphatic carbocycles. The fraction of sp³-hybridized carbons (Fsp3) is 0.308. The van der Waals surface area contributed by atoms with E-state index < -0.39 is 28.4 Å². The van der Waals surface area contributed by atoms with Crippen molar-refractivity contribution in [3.63, 3.8) is 0 Å². The predicted molar refractivity (Wildman–Crippen MR) is 76.9 cm³/mol. The number of hydrogen-bond donors (Lipinski definition) is 3. The van der Waals surface area contributed by atoms with Gasteiger partial charge in [-0.1, -0.05) is 12.1 Å². The monoisotopic (exact) mass is 328 g/mol. The Morgan fingerprint density at radius 3 is 2.50 bits per heavy atom. The Bertz CT molecular complexity index is 684. The molecule has 0 saturated carbocycles. The van der Waals surface area contributed by atoms with Gasteiger partial charge < -0.3 is 10.4 Å². The maximum absolute atomic E-state index is 12.0. The molecule has 0 aromatic heterocycles. The third-order valence-electron chi connectivity index (χ3n) is 2.63. The van der Waals surface area contributed by atoms with Crippen LogP contribution in [0.1, 0.15) is 23.7 Å². The maximum Gasteiger partial charge on any atom is 0.322 e. The average molecular weight is 328 g/mol. The summed E-state index contributed by atoms with van der Waals surface area (Å²) in [5.74, 6) is -2.03. The molecule has 120 valence electrons. The second kappa shape index (κ2) is 7.66. The van der Waals surface area contributed by atoms with Crippen molar-refractivity contribution in [2.45, 2.75) is 18.2 Å². The van der Waals surface area contributed by atoms with Crippen LogP contribution in [-0.4, -0.2) is 44.3 Å². The van der Waals surface area contributed by atoms with Crippen molar-refractivity contribution in [3.05, 3.63) is 29.8 Å². The van der Waals surface area contributed by atoms with Gasteiger partial charge in [0.15, 0.2) is 5.78 Å². The zero-order chi connectivity index (χ0) is 16.8. The van der Waals surface area contributed by atoms with Gasteiger partial charge in [0.25, 0.3) is 0 Å². The van der Waals surface area contributed by atoms with Crippen molar-refractivity contribution in [2.24, 2.45) is 0 Å². The molecule has 0 spiro atoms. The van der Waals surface area contributed by atoms with Gasteiger partial charge in [0.1, 0.15) is 6.54 Å². The highest BCUT2D eigenvalue weighted by Crippen LogP contribution is 2.11. The fourth-order valence-electron chi connectivity index (χ4n) is 1.53. The minimum atomic E-state index is -3.84. The molecule has 1 rings (SSSR count). The SMILES string of the molecule is CC(=O)c1cccc(S(=O)(=O)NCCC(=O)NCC(=O)O)c1. The van der Waals surface area contributed by atoms with E-state index in [1.54, 1.807) is 0 Å². The lowest BCUT2D eigenvalue weighted by Gasteiger charge is -2.07. The molecule has 22 heavy (non-hydrogen) atoms. The number of carbonyl (C=O) groups is 3. The van der Waals surface area contributed by atoms with E-state index in [1.807, 2.05) is 0 Å². The van der Waals surface area contributed by atoms with E-state index in [0.717, 1.165) is 0 Å². The lowest BCUT2D eigenvalue weighted by molar-refractivity contribution is -0.137. The highest BCUT2D eigenvalue weighted by molar-refractivity contribution is 7.89. The number of hydrogen-bond acceptors (Lipinski definition) is 5. The first kappa shape index (κ1) is 17.8. The largest absolute Gasteiger partial charge is 0.480 e. The van der Waals surface area contributed by atoms with Crippen LogP contribution in [0.2, 0.25) is 0 Å². The number of carboxylic acid groups (broad SMARTS) is 1. The molecular weight excluding hydrogens is 312 g/mol. The van der Waals surface area contributed by atoms with E-state index in [-0.39, 0.29) is 29.2 Å². The Labute approximate surface area is 127 Å². The molecule has 1 amide bonds. The van der Waals surface area contributed by atoms with Crippen LogP contribution in [-0.2, 0) is 19.6 Å². The van der Waals surface area contributed by atoms with Gasteiger partial charge in [0.2, 0.25) is 15.9 Å². The summed E-state index contributed by atoms with van der Waals surface area (Å²) in [6.45, 7) is 0.621. The molecule has 0 heterocycles. The summed E-state index contributed by atoms with van der Waals surface area (Å²) in [6.07, 6.45) is -0.196. The van der Waals surface area contributed by atoms with Gasteiger partial charge in [0, 0.05) is 18.5 Å². The Balaban J connectivity index is 2.61. The number of nitrogens with one attached hydrogen (secondary N) is 2. The van der Waals surface area contributed by atoms with Gasteiger partial charge in [-0.15, -0.1) is 0 Å². The van der Waals surface area contributed by atoms with E-state index in [4.69, 9.17) is 5.11 Å². The van der Waals surface area contributed by atoms with Gasteiger partial charge in [-0.2, -0.15) is 0 Å². The second-order valence-electron chi connectivity index (χ2n) is 4.40. The summed E-state index contributed by atoms with van der Waals surface area (Å²) < 4.78 is 26.2. The standard InChI is InChI=1S/C13H16N2O6S/c1-9(16)10-3-2-4-11(7-10)22(20,21)15-6-5-12(17)14-8-13(18)19/h2-4,7,15H,5-6,8H2,1H3,(H,14,17)(H,18,19). The van der Waals surface area contributed by atoms with Crippen molar-refractivity contribution < 1.29 is 27.9 Å². The molecule has 0 aliphatic rings. The molecule has 0 atom stereocenters. The van der Waals surface area contributed by atoms with Crippen LogP contribution < -0.4 is 10.0 Å². The highest BCUT2D eigenvalue weighted by Gasteiger charge is 2.15. The van der Waals surface area contributed by atoms with Crippen LogP contribution >= 0.6 is 0 Å². The summed E-state index contributed by atoms with van der Waals surface area (Å²) in [5.41, 5.74) is 0.266. The van der Waals surface area contributed by atoms with E-state index >= 15 is 0 Å². The molecule has 0 radical (unpaired) electrons. The lowest BCUT2D eigenvalue weighted by Crippen LogP contribution is -2.33. The second-order valence-corrected chi connectivity index (χ2v) is 6.17. The number of amides is 1. The molecule has 1 aromatic carbocycles. The molecule has 0 saturated heterocycles. The van der Waals surface area contributed by atoms with Crippen LogP contribution in [0, 0.1) is 0 Å². The smallest absolute Gasteiger partial charge is 0.322 e. The molecular formula is C13H16N2O6S. The van der Waals surface area contributed by atoms with Crippen LogP contribution in [0.5, 0.6) is 0 Å². The third kappa shape index (κ3) is 5.62. The summed E-state index contributed by atoms with van der Waals surface area (Å²) >= 11 is 0. The Morgan fingerprint density at radius 1 is 1.23 bits per heavy atom. The number of carboxylic acids is 1. The van der Waals surface area contributed by atoms with Crippen molar-refractivity contribution in [2.75, 3.05) is 13.1 Å². The molecule has 0 aliphatic heterocycles.